The molecule has 2 aliphatic heterocycles. The second-order valence-corrected chi connectivity index (χ2v) is 9.57. The third-order valence-electron chi connectivity index (χ3n) is 6.89. The van der Waals surface area contributed by atoms with Gasteiger partial charge in [0, 0.05) is 72.6 Å². The van der Waals surface area contributed by atoms with E-state index >= 15 is 0 Å². The third-order valence-corrected chi connectivity index (χ3v) is 6.89. The lowest BCUT2D eigenvalue weighted by Gasteiger charge is -2.51. The van der Waals surface area contributed by atoms with E-state index in [0.717, 1.165) is 51.9 Å². The van der Waals surface area contributed by atoms with Crippen LogP contribution in [0.4, 0.5) is 4.79 Å². The largest absolute Gasteiger partial charge is 0.385 e. The van der Waals surface area contributed by atoms with Crippen molar-refractivity contribution >= 4 is 11.9 Å². The van der Waals surface area contributed by atoms with Crippen molar-refractivity contribution in [3.05, 3.63) is 35.9 Å². The molecule has 3 rings (SSSR count). The molecule has 3 unspecified atom stereocenters. The summed E-state index contributed by atoms with van der Waals surface area (Å²) in [5, 5.41) is 5.99. The van der Waals surface area contributed by atoms with Crippen molar-refractivity contribution < 1.29 is 19.1 Å². The SMILES string of the molecule is COCCCNC(=O)N1CC2CC(CN(Cc3ccccc3)C2)C1CCCC(=O)NCCOC. The van der Waals surface area contributed by atoms with E-state index < -0.39 is 0 Å². The molecule has 2 saturated heterocycles. The second-order valence-electron chi connectivity index (χ2n) is 9.57. The van der Waals surface area contributed by atoms with Gasteiger partial charge in [-0.15, -0.1) is 0 Å². The van der Waals surface area contributed by atoms with Crippen LogP contribution in [0.15, 0.2) is 30.3 Å². The molecule has 1 aromatic carbocycles. The van der Waals surface area contributed by atoms with Gasteiger partial charge in [-0.3, -0.25) is 9.69 Å². The van der Waals surface area contributed by atoms with Crippen LogP contribution < -0.4 is 10.6 Å². The predicted molar refractivity (Wildman–Crippen MR) is 132 cm³/mol. The van der Waals surface area contributed by atoms with Crippen molar-refractivity contribution in [1.82, 2.24) is 20.4 Å². The first kappa shape index (κ1) is 26.4. The lowest BCUT2D eigenvalue weighted by atomic mass is 9.77. The van der Waals surface area contributed by atoms with Crippen LogP contribution in [0.5, 0.6) is 0 Å². The highest BCUT2D eigenvalue weighted by Gasteiger charge is 2.42. The van der Waals surface area contributed by atoms with Gasteiger partial charge in [-0.05, 0) is 43.1 Å². The summed E-state index contributed by atoms with van der Waals surface area (Å²) in [4.78, 5) is 29.9. The fraction of sp³-hybridized carbons (Fsp3) is 0.692. The molecule has 1 aromatic rings. The minimum Gasteiger partial charge on any atom is -0.385 e. The molecule has 0 aliphatic carbocycles. The summed E-state index contributed by atoms with van der Waals surface area (Å²) in [6, 6.07) is 10.8. The zero-order chi connectivity index (χ0) is 24.2. The average Bonchev–Trinajstić information content (AvgIpc) is 2.83. The van der Waals surface area contributed by atoms with Crippen molar-refractivity contribution in [1.29, 1.82) is 0 Å². The van der Waals surface area contributed by atoms with E-state index in [0.29, 0.717) is 44.6 Å². The number of benzene rings is 1. The zero-order valence-corrected chi connectivity index (χ0v) is 20.8. The van der Waals surface area contributed by atoms with Crippen LogP contribution in [0.3, 0.4) is 0 Å². The molecule has 2 heterocycles. The maximum atomic E-state index is 13.1. The number of hydrogen-bond donors (Lipinski definition) is 2. The lowest BCUT2D eigenvalue weighted by Crippen LogP contribution is -2.60. The van der Waals surface area contributed by atoms with Crippen molar-refractivity contribution in [3.63, 3.8) is 0 Å². The Kier molecular flexibility index (Phi) is 11.1. The topological polar surface area (TPSA) is 83.1 Å². The van der Waals surface area contributed by atoms with Gasteiger partial charge in [0.05, 0.1) is 6.61 Å². The number of nitrogens with one attached hydrogen (secondary N) is 2. The fourth-order valence-electron chi connectivity index (χ4n) is 5.39. The Bertz CT molecular complexity index is 748. The number of amides is 3. The zero-order valence-electron chi connectivity index (χ0n) is 20.8. The summed E-state index contributed by atoms with van der Waals surface area (Å²) >= 11 is 0. The minimum atomic E-state index is 0.0249. The molecular formula is C26H42N4O4. The third kappa shape index (κ3) is 8.25. The number of hydrogen-bond acceptors (Lipinski definition) is 5. The molecule has 0 aromatic heterocycles. The van der Waals surface area contributed by atoms with Gasteiger partial charge in [0.15, 0.2) is 0 Å². The lowest BCUT2D eigenvalue weighted by molar-refractivity contribution is -0.121. The Labute approximate surface area is 204 Å². The quantitative estimate of drug-likeness (QED) is 0.429. The molecule has 8 nitrogen and oxygen atoms in total. The normalized spacial score (nSPS) is 22.4. The Hall–Kier alpha value is -2.16. The maximum absolute atomic E-state index is 13.1. The van der Waals surface area contributed by atoms with E-state index in [1.165, 1.54) is 5.56 Å². The molecule has 190 valence electrons. The molecule has 3 atom stereocenters. The number of carbonyl (C=O) groups is 2. The van der Waals surface area contributed by atoms with E-state index in [1.807, 2.05) is 0 Å². The second kappa shape index (κ2) is 14.3. The first-order valence-electron chi connectivity index (χ1n) is 12.7. The Morgan fingerprint density at radius 1 is 0.971 bits per heavy atom. The monoisotopic (exact) mass is 474 g/mol. The molecule has 2 fully saturated rings. The molecule has 2 bridgehead atoms. The average molecular weight is 475 g/mol. The molecular weight excluding hydrogens is 432 g/mol. The predicted octanol–water partition coefficient (Wildman–Crippen LogP) is 2.49. The van der Waals surface area contributed by atoms with Crippen LogP contribution in [0.2, 0.25) is 0 Å². The van der Waals surface area contributed by atoms with Crippen LogP contribution in [0.25, 0.3) is 0 Å². The number of likely N-dealkylation sites (tertiary alicyclic amines) is 2. The molecule has 34 heavy (non-hydrogen) atoms. The number of methoxy groups -OCH3 is 2. The van der Waals surface area contributed by atoms with Gasteiger partial charge in [0.25, 0.3) is 0 Å². The number of urea groups is 1. The van der Waals surface area contributed by atoms with Crippen molar-refractivity contribution in [2.75, 3.05) is 60.2 Å². The summed E-state index contributed by atoms with van der Waals surface area (Å²) in [5.41, 5.74) is 1.33. The van der Waals surface area contributed by atoms with E-state index in [4.69, 9.17) is 9.47 Å². The van der Waals surface area contributed by atoms with Gasteiger partial charge in [0.1, 0.15) is 0 Å². The van der Waals surface area contributed by atoms with Gasteiger partial charge in [0.2, 0.25) is 5.91 Å². The molecule has 3 amide bonds. The number of carbonyl (C=O) groups excluding carboxylic acids is 2. The summed E-state index contributed by atoms with van der Waals surface area (Å²) in [6.45, 7) is 6.06. The standard InChI is InChI=1S/C26H42N4O4/c1-33-14-7-12-28-26(32)30-19-22-16-23(20-29(18-22)17-21-8-4-3-5-9-21)24(30)10-6-11-25(31)27-13-15-34-2/h3-5,8-9,22-24H,6-7,10-20H2,1-2H3,(H,27,31)(H,28,32). The molecule has 0 spiro atoms. The van der Waals surface area contributed by atoms with Crippen molar-refractivity contribution in [2.45, 2.75) is 44.7 Å². The smallest absolute Gasteiger partial charge is 0.317 e. The molecule has 2 aliphatic rings. The summed E-state index contributed by atoms with van der Waals surface area (Å²) in [7, 11) is 3.30. The van der Waals surface area contributed by atoms with Crippen molar-refractivity contribution in [2.24, 2.45) is 11.8 Å². The first-order chi connectivity index (χ1) is 16.6. The number of fused-ring (bicyclic) bond motifs is 2. The number of rotatable bonds is 13. The van der Waals surface area contributed by atoms with E-state index in [2.05, 4.69) is 50.8 Å². The van der Waals surface area contributed by atoms with E-state index in [9.17, 15) is 9.59 Å². The van der Waals surface area contributed by atoms with E-state index in [1.54, 1.807) is 14.2 Å². The van der Waals surface area contributed by atoms with Crippen molar-refractivity contribution in [3.8, 4) is 0 Å². The van der Waals surface area contributed by atoms with Crippen LogP contribution >= 0.6 is 0 Å². The highest BCUT2D eigenvalue weighted by molar-refractivity contribution is 5.76. The van der Waals surface area contributed by atoms with Crippen LogP contribution in [0.1, 0.15) is 37.7 Å². The molecule has 0 saturated carbocycles. The summed E-state index contributed by atoms with van der Waals surface area (Å²) in [6.07, 6.45) is 4.06. The number of piperidine rings is 2. The summed E-state index contributed by atoms with van der Waals surface area (Å²) < 4.78 is 10.1. The first-order valence-corrected chi connectivity index (χ1v) is 12.7. The molecule has 0 radical (unpaired) electrons. The van der Waals surface area contributed by atoms with Crippen LogP contribution in [0, 0.1) is 11.8 Å². The number of nitrogens with zero attached hydrogens (tertiary/aromatic N) is 2. The Balaban J connectivity index is 1.59. The van der Waals surface area contributed by atoms with Gasteiger partial charge in [-0.2, -0.15) is 0 Å². The van der Waals surface area contributed by atoms with Gasteiger partial charge < -0.3 is 25.0 Å². The van der Waals surface area contributed by atoms with Gasteiger partial charge >= 0.3 is 6.03 Å². The molecule has 2 N–H and O–H groups in total. The van der Waals surface area contributed by atoms with E-state index in [-0.39, 0.29) is 18.0 Å². The highest BCUT2D eigenvalue weighted by atomic mass is 16.5. The van der Waals surface area contributed by atoms with Crippen LogP contribution in [-0.2, 0) is 20.8 Å². The number of ether oxygens (including phenoxy) is 2. The highest BCUT2D eigenvalue weighted by Crippen LogP contribution is 2.36. The Morgan fingerprint density at radius 2 is 1.76 bits per heavy atom. The van der Waals surface area contributed by atoms with Crippen LogP contribution in [-0.4, -0.2) is 87.9 Å². The summed E-state index contributed by atoms with van der Waals surface area (Å²) in [5.74, 6) is 0.967. The Morgan fingerprint density at radius 3 is 2.53 bits per heavy atom. The minimum absolute atomic E-state index is 0.0249. The maximum Gasteiger partial charge on any atom is 0.317 e. The van der Waals surface area contributed by atoms with Gasteiger partial charge in [-0.25, -0.2) is 4.79 Å². The fourth-order valence-corrected chi connectivity index (χ4v) is 5.39. The van der Waals surface area contributed by atoms with Gasteiger partial charge in [-0.1, -0.05) is 30.3 Å². The molecule has 8 heteroatoms.